The van der Waals surface area contributed by atoms with Crippen molar-refractivity contribution in [2.75, 3.05) is 19.5 Å². The summed E-state index contributed by atoms with van der Waals surface area (Å²) in [7, 11) is 2.77. The van der Waals surface area contributed by atoms with Crippen molar-refractivity contribution < 1.29 is 33.3 Å². The van der Waals surface area contributed by atoms with E-state index >= 15 is 4.39 Å². The number of aromatic carboxylic acids is 1. The molecule has 0 unspecified atom stereocenters. The summed E-state index contributed by atoms with van der Waals surface area (Å²) in [5.74, 6) is -2.34. The molecule has 0 saturated carbocycles. The van der Waals surface area contributed by atoms with Crippen LogP contribution in [0.1, 0.15) is 34.6 Å². The Bertz CT molecular complexity index is 1560. The summed E-state index contributed by atoms with van der Waals surface area (Å²) in [6.07, 6.45) is 2.29. The molecule has 1 amide bonds. The summed E-state index contributed by atoms with van der Waals surface area (Å²) in [5, 5.41) is 12.8. The molecule has 2 aromatic heterocycles. The van der Waals surface area contributed by atoms with Gasteiger partial charge in [-0.2, -0.15) is 4.98 Å². The lowest BCUT2D eigenvalue weighted by molar-refractivity contribution is 0.0695. The topological polar surface area (TPSA) is 159 Å². The first-order valence-corrected chi connectivity index (χ1v) is 11.3. The Balaban J connectivity index is 1.89. The number of halogens is 1. The quantitative estimate of drug-likeness (QED) is 0.292. The Hall–Kier alpha value is -5.00. The summed E-state index contributed by atoms with van der Waals surface area (Å²) in [4.78, 5) is 36.2. The number of nitrogens with one attached hydrogen (secondary N) is 1. The fraction of sp³-hybridized carbons (Fsp3) is 0.192. The minimum atomic E-state index is -1.18. The number of carboxylic acids is 1. The molecule has 2 aromatic carbocycles. The molecule has 0 aliphatic carbocycles. The predicted molar refractivity (Wildman–Crippen MR) is 137 cm³/mol. The van der Waals surface area contributed by atoms with Crippen LogP contribution in [-0.2, 0) is 0 Å². The number of carboxylic acid groups (broad SMARTS) is 1. The Morgan fingerprint density at radius 1 is 1.05 bits per heavy atom. The van der Waals surface area contributed by atoms with E-state index in [1.165, 1.54) is 38.6 Å². The van der Waals surface area contributed by atoms with Crippen molar-refractivity contribution >= 4 is 34.2 Å². The maximum Gasteiger partial charge on any atom is 0.335 e. The number of nitrogens with two attached hydrogens (primary N) is 1. The largest absolute Gasteiger partial charge is 0.491 e. The first-order chi connectivity index (χ1) is 18.1. The van der Waals surface area contributed by atoms with Crippen LogP contribution in [0, 0.1) is 5.82 Å². The van der Waals surface area contributed by atoms with Crippen LogP contribution in [0.5, 0.6) is 17.6 Å². The molecule has 0 fully saturated rings. The van der Waals surface area contributed by atoms with Gasteiger partial charge in [-0.25, -0.2) is 14.2 Å². The number of fused-ring (bicyclic) bond motifs is 1. The molecule has 0 radical (unpaired) electrons. The van der Waals surface area contributed by atoms with Crippen LogP contribution in [0.25, 0.3) is 22.0 Å². The van der Waals surface area contributed by atoms with Gasteiger partial charge >= 0.3 is 12.0 Å². The summed E-state index contributed by atoms with van der Waals surface area (Å²) < 4.78 is 31.8. The molecule has 196 valence electrons. The average Bonchev–Trinajstić information content (AvgIpc) is 2.88. The van der Waals surface area contributed by atoms with Gasteiger partial charge in [-0.3, -0.25) is 9.78 Å². The number of primary amides is 1. The molecular weight excluding hydrogens is 497 g/mol. The molecule has 0 bridgehead atoms. The molecule has 4 aromatic rings. The minimum Gasteiger partial charge on any atom is -0.491 e. The third-order valence-corrected chi connectivity index (χ3v) is 5.44. The Kier molecular flexibility index (Phi) is 7.24. The van der Waals surface area contributed by atoms with Crippen molar-refractivity contribution in [3.8, 4) is 28.8 Å². The van der Waals surface area contributed by atoms with Gasteiger partial charge in [0, 0.05) is 35.1 Å². The van der Waals surface area contributed by atoms with Crippen LogP contribution in [0.3, 0.4) is 0 Å². The van der Waals surface area contributed by atoms with Crippen molar-refractivity contribution in [3.05, 3.63) is 59.7 Å². The zero-order chi connectivity index (χ0) is 27.6. The Morgan fingerprint density at radius 3 is 2.45 bits per heavy atom. The van der Waals surface area contributed by atoms with Crippen LogP contribution in [0.2, 0.25) is 0 Å². The smallest absolute Gasteiger partial charge is 0.335 e. The van der Waals surface area contributed by atoms with Crippen LogP contribution >= 0.6 is 0 Å². The van der Waals surface area contributed by atoms with Crippen LogP contribution < -0.4 is 25.3 Å². The number of hydrogen-bond acceptors (Lipinski definition) is 9. The third kappa shape index (κ3) is 5.09. The number of anilines is 2. The summed E-state index contributed by atoms with van der Waals surface area (Å²) in [6, 6.07) is 7.36. The van der Waals surface area contributed by atoms with E-state index in [1.54, 1.807) is 26.0 Å². The number of ether oxygens (including phenoxy) is 3. The Morgan fingerprint density at radius 2 is 1.82 bits per heavy atom. The molecule has 0 aliphatic rings. The van der Waals surface area contributed by atoms with E-state index in [9.17, 15) is 14.7 Å². The predicted octanol–water partition coefficient (Wildman–Crippen LogP) is 4.18. The molecule has 0 spiro atoms. The summed E-state index contributed by atoms with van der Waals surface area (Å²) >= 11 is 0. The van der Waals surface area contributed by atoms with Gasteiger partial charge in [0.25, 0.3) is 5.91 Å². The van der Waals surface area contributed by atoms with Crippen molar-refractivity contribution in [2.45, 2.75) is 20.0 Å². The molecule has 12 heteroatoms. The van der Waals surface area contributed by atoms with Gasteiger partial charge in [0.1, 0.15) is 11.3 Å². The number of benzene rings is 2. The van der Waals surface area contributed by atoms with Crippen molar-refractivity contribution in [3.63, 3.8) is 0 Å². The molecule has 4 rings (SSSR count). The van der Waals surface area contributed by atoms with E-state index in [0.717, 1.165) is 6.20 Å². The number of carbonyl (C=O) groups excluding carboxylic acids is 1. The van der Waals surface area contributed by atoms with Crippen molar-refractivity contribution in [1.82, 2.24) is 15.0 Å². The fourth-order valence-corrected chi connectivity index (χ4v) is 3.83. The second-order valence-electron chi connectivity index (χ2n) is 8.36. The van der Waals surface area contributed by atoms with Crippen LogP contribution in [0.4, 0.5) is 15.8 Å². The van der Waals surface area contributed by atoms with Gasteiger partial charge in [-0.15, -0.1) is 0 Å². The number of methoxy groups -OCH3 is 2. The summed E-state index contributed by atoms with van der Waals surface area (Å²) in [5.41, 5.74) is 6.20. The van der Waals surface area contributed by atoms with Crippen molar-refractivity contribution in [1.29, 1.82) is 0 Å². The number of nitrogens with zero attached hydrogens (tertiary/aromatic N) is 3. The van der Waals surface area contributed by atoms with Crippen molar-refractivity contribution in [2.24, 2.45) is 5.73 Å². The van der Waals surface area contributed by atoms with Gasteiger partial charge in [-0.1, -0.05) is 6.07 Å². The molecule has 38 heavy (non-hydrogen) atoms. The van der Waals surface area contributed by atoms with E-state index in [0.29, 0.717) is 5.75 Å². The van der Waals surface area contributed by atoms with Gasteiger partial charge in [0.05, 0.1) is 42.7 Å². The monoisotopic (exact) mass is 521 g/mol. The zero-order valence-corrected chi connectivity index (χ0v) is 20.9. The highest BCUT2D eigenvalue weighted by molar-refractivity contribution is 6.08. The highest BCUT2D eigenvalue weighted by Crippen LogP contribution is 2.37. The molecular formula is C26H24FN5O6. The number of rotatable bonds is 9. The van der Waals surface area contributed by atoms with Gasteiger partial charge in [-0.05, 0) is 32.0 Å². The number of amides is 1. The molecule has 0 aliphatic heterocycles. The lowest BCUT2D eigenvalue weighted by Crippen LogP contribution is -2.15. The second kappa shape index (κ2) is 10.5. The maximum atomic E-state index is 15.8. The zero-order valence-electron chi connectivity index (χ0n) is 20.9. The standard InChI is InChI=1S/C26H24FN5O6/c1-12(2)38-15-8-13(25(34)35)7-14(9-15)31-21-17-6-5-16(18-10-30-26(37-4)32-24(18)36-3)20(27)22(17)29-11-19(21)23(28)33/h5-12H,1-4H3,(H2,28,33)(H,29,31)(H,34,35). The molecule has 0 saturated heterocycles. The molecule has 4 N–H and O–H groups in total. The van der Waals surface area contributed by atoms with Crippen LogP contribution in [-0.4, -0.2) is 52.3 Å². The number of aromatic nitrogens is 3. The van der Waals surface area contributed by atoms with E-state index in [2.05, 4.69) is 20.3 Å². The number of hydrogen-bond donors (Lipinski definition) is 3. The molecule has 11 nitrogen and oxygen atoms in total. The molecule has 0 atom stereocenters. The van der Waals surface area contributed by atoms with E-state index < -0.39 is 17.7 Å². The Labute approximate surface area is 216 Å². The van der Waals surface area contributed by atoms with E-state index in [-0.39, 0.29) is 62.5 Å². The number of carbonyl (C=O) groups is 2. The highest BCUT2D eigenvalue weighted by atomic mass is 19.1. The maximum absolute atomic E-state index is 15.8. The highest BCUT2D eigenvalue weighted by Gasteiger charge is 2.21. The lowest BCUT2D eigenvalue weighted by atomic mass is 10.0. The molecule has 2 heterocycles. The van der Waals surface area contributed by atoms with Crippen LogP contribution in [0.15, 0.2) is 42.7 Å². The van der Waals surface area contributed by atoms with E-state index in [1.807, 2.05) is 0 Å². The first-order valence-electron chi connectivity index (χ1n) is 11.3. The second-order valence-corrected chi connectivity index (χ2v) is 8.36. The first kappa shape index (κ1) is 26.1. The third-order valence-electron chi connectivity index (χ3n) is 5.44. The van der Waals surface area contributed by atoms with E-state index in [4.69, 9.17) is 19.9 Å². The number of pyridine rings is 1. The van der Waals surface area contributed by atoms with Gasteiger partial charge < -0.3 is 30.4 Å². The minimum absolute atomic E-state index is 0.0259. The normalized spacial score (nSPS) is 10.9. The summed E-state index contributed by atoms with van der Waals surface area (Å²) in [6.45, 7) is 3.59. The average molecular weight is 522 g/mol. The van der Waals surface area contributed by atoms with Gasteiger partial charge in [0.2, 0.25) is 5.88 Å². The SMILES string of the molecule is COc1ncc(-c2ccc3c(Nc4cc(OC(C)C)cc(C(=O)O)c4)c(C(N)=O)cnc3c2F)c(OC)n1. The van der Waals surface area contributed by atoms with Gasteiger partial charge in [0.15, 0.2) is 5.82 Å². The lowest BCUT2D eigenvalue weighted by Gasteiger charge is -2.17. The fourth-order valence-electron chi connectivity index (χ4n) is 3.83.